The van der Waals surface area contributed by atoms with Crippen molar-refractivity contribution >= 4 is 17.4 Å². The first-order valence-electron chi connectivity index (χ1n) is 7.60. The third kappa shape index (κ3) is 4.44. The number of nitrogens with one attached hydrogen (secondary N) is 2. The number of benzene rings is 1. The SMILES string of the molecule is CCC1CCCC(Nc2ccc(NC(N)=O)cc2)CC1. The van der Waals surface area contributed by atoms with Crippen molar-refractivity contribution in [3.05, 3.63) is 24.3 Å². The summed E-state index contributed by atoms with van der Waals surface area (Å²) in [4.78, 5) is 10.8. The van der Waals surface area contributed by atoms with Crippen LogP contribution in [0.5, 0.6) is 0 Å². The second kappa shape index (κ2) is 7.17. The molecule has 0 radical (unpaired) electrons. The lowest BCUT2D eigenvalue weighted by molar-refractivity contribution is 0.259. The lowest BCUT2D eigenvalue weighted by atomic mass is 9.98. The number of urea groups is 1. The summed E-state index contributed by atoms with van der Waals surface area (Å²) in [5.74, 6) is 0.906. The average Bonchev–Trinajstić information content (AvgIpc) is 2.65. The average molecular weight is 275 g/mol. The van der Waals surface area contributed by atoms with Gasteiger partial charge in [0, 0.05) is 17.4 Å². The molecule has 1 saturated carbocycles. The normalized spacial score (nSPS) is 22.9. The third-order valence-electron chi connectivity index (χ3n) is 4.19. The van der Waals surface area contributed by atoms with E-state index in [0.717, 1.165) is 17.3 Å². The van der Waals surface area contributed by atoms with Crippen molar-refractivity contribution < 1.29 is 4.79 Å². The van der Waals surface area contributed by atoms with Crippen LogP contribution in [0, 0.1) is 5.92 Å². The van der Waals surface area contributed by atoms with Crippen LogP contribution in [-0.4, -0.2) is 12.1 Å². The molecule has 2 amide bonds. The monoisotopic (exact) mass is 275 g/mol. The van der Waals surface area contributed by atoms with Gasteiger partial charge in [0.05, 0.1) is 0 Å². The van der Waals surface area contributed by atoms with E-state index < -0.39 is 6.03 Å². The van der Waals surface area contributed by atoms with Crippen molar-refractivity contribution in [2.45, 2.75) is 51.5 Å². The van der Waals surface area contributed by atoms with Gasteiger partial charge in [-0.15, -0.1) is 0 Å². The Morgan fingerprint density at radius 1 is 1.15 bits per heavy atom. The third-order valence-corrected chi connectivity index (χ3v) is 4.19. The molecule has 20 heavy (non-hydrogen) atoms. The van der Waals surface area contributed by atoms with Gasteiger partial charge in [0.15, 0.2) is 0 Å². The number of amides is 2. The molecule has 2 unspecified atom stereocenters. The molecule has 1 fully saturated rings. The zero-order chi connectivity index (χ0) is 14.4. The molecule has 4 nitrogen and oxygen atoms in total. The topological polar surface area (TPSA) is 67.2 Å². The highest BCUT2D eigenvalue weighted by molar-refractivity contribution is 5.87. The van der Waals surface area contributed by atoms with Gasteiger partial charge < -0.3 is 16.4 Å². The Labute approximate surface area is 121 Å². The van der Waals surface area contributed by atoms with Crippen LogP contribution in [0.1, 0.15) is 45.4 Å². The standard InChI is InChI=1S/C16H25N3O/c1-2-12-4-3-5-13(7-6-12)18-14-8-10-15(11-9-14)19-16(17)20/h8-13,18H,2-7H2,1H3,(H3,17,19,20). The van der Waals surface area contributed by atoms with E-state index in [0.29, 0.717) is 6.04 Å². The fraction of sp³-hybridized carbons (Fsp3) is 0.562. The van der Waals surface area contributed by atoms with Crippen LogP contribution in [0.2, 0.25) is 0 Å². The second-order valence-corrected chi connectivity index (χ2v) is 5.69. The molecular weight excluding hydrogens is 250 g/mol. The fourth-order valence-electron chi connectivity index (χ4n) is 2.96. The number of hydrogen-bond acceptors (Lipinski definition) is 2. The molecule has 0 heterocycles. The predicted octanol–water partition coefficient (Wildman–Crippen LogP) is 3.95. The molecule has 0 bridgehead atoms. The van der Waals surface area contributed by atoms with Gasteiger partial charge in [-0.3, -0.25) is 0 Å². The zero-order valence-electron chi connectivity index (χ0n) is 12.2. The molecule has 0 spiro atoms. The zero-order valence-corrected chi connectivity index (χ0v) is 12.2. The second-order valence-electron chi connectivity index (χ2n) is 5.69. The summed E-state index contributed by atoms with van der Waals surface area (Å²) < 4.78 is 0. The van der Waals surface area contributed by atoms with Crippen LogP contribution in [0.4, 0.5) is 16.2 Å². The number of primary amides is 1. The molecule has 1 aliphatic carbocycles. The molecule has 1 aliphatic rings. The molecular formula is C16H25N3O. The lowest BCUT2D eigenvalue weighted by Gasteiger charge is -2.18. The Morgan fingerprint density at radius 3 is 2.50 bits per heavy atom. The van der Waals surface area contributed by atoms with Crippen LogP contribution in [0.3, 0.4) is 0 Å². The molecule has 1 aromatic carbocycles. The summed E-state index contributed by atoms with van der Waals surface area (Å²) in [6, 6.07) is 7.78. The summed E-state index contributed by atoms with van der Waals surface area (Å²) in [7, 11) is 0. The maximum Gasteiger partial charge on any atom is 0.316 e. The summed E-state index contributed by atoms with van der Waals surface area (Å²) in [5.41, 5.74) is 6.93. The van der Waals surface area contributed by atoms with Gasteiger partial charge in [0.2, 0.25) is 0 Å². The van der Waals surface area contributed by atoms with Crippen LogP contribution in [-0.2, 0) is 0 Å². The summed E-state index contributed by atoms with van der Waals surface area (Å²) >= 11 is 0. The Bertz CT molecular complexity index is 430. The maximum absolute atomic E-state index is 10.8. The van der Waals surface area contributed by atoms with E-state index in [1.807, 2.05) is 24.3 Å². The van der Waals surface area contributed by atoms with Crippen molar-refractivity contribution in [2.75, 3.05) is 10.6 Å². The smallest absolute Gasteiger partial charge is 0.316 e. The molecule has 0 aliphatic heterocycles. The summed E-state index contributed by atoms with van der Waals surface area (Å²) in [6.45, 7) is 2.29. The van der Waals surface area contributed by atoms with E-state index in [1.54, 1.807) is 0 Å². The largest absolute Gasteiger partial charge is 0.382 e. The fourth-order valence-corrected chi connectivity index (χ4v) is 2.96. The first-order valence-corrected chi connectivity index (χ1v) is 7.60. The van der Waals surface area contributed by atoms with Gasteiger partial charge in [0.1, 0.15) is 0 Å². The Balaban J connectivity index is 1.88. The highest BCUT2D eigenvalue weighted by Gasteiger charge is 2.17. The van der Waals surface area contributed by atoms with Crippen LogP contribution in [0.25, 0.3) is 0 Å². The van der Waals surface area contributed by atoms with Crippen LogP contribution >= 0.6 is 0 Å². The van der Waals surface area contributed by atoms with Crippen LogP contribution < -0.4 is 16.4 Å². The molecule has 4 N–H and O–H groups in total. The number of rotatable bonds is 4. The quantitative estimate of drug-likeness (QED) is 0.728. The van der Waals surface area contributed by atoms with E-state index in [9.17, 15) is 4.79 Å². The van der Waals surface area contributed by atoms with E-state index in [1.165, 1.54) is 38.5 Å². The van der Waals surface area contributed by atoms with Crippen molar-refractivity contribution in [3.63, 3.8) is 0 Å². The summed E-state index contributed by atoms with van der Waals surface area (Å²) in [5, 5.41) is 6.17. The van der Waals surface area contributed by atoms with E-state index >= 15 is 0 Å². The molecule has 0 aromatic heterocycles. The predicted molar refractivity (Wildman–Crippen MR) is 83.9 cm³/mol. The van der Waals surface area contributed by atoms with Gasteiger partial charge in [-0.25, -0.2) is 4.79 Å². The van der Waals surface area contributed by atoms with Gasteiger partial charge in [-0.05, 0) is 49.4 Å². The van der Waals surface area contributed by atoms with E-state index in [4.69, 9.17) is 5.73 Å². The molecule has 2 atom stereocenters. The van der Waals surface area contributed by atoms with E-state index in [2.05, 4.69) is 17.6 Å². The molecule has 110 valence electrons. The maximum atomic E-state index is 10.8. The van der Waals surface area contributed by atoms with Crippen molar-refractivity contribution in [2.24, 2.45) is 11.7 Å². The Hall–Kier alpha value is -1.71. The van der Waals surface area contributed by atoms with Crippen molar-refractivity contribution in [1.29, 1.82) is 0 Å². The number of carbonyl (C=O) groups is 1. The molecule has 2 rings (SSSR count). The molecule has 4 heteroatoms. The first kappa shape index (κ1) is 14.7. The highest BCUT2D eigenvalue weighted by atomic mass is 16.2. The van der Waals surface area contributed by atoms with Crippen molar-refractivity contribution in [3.8, 4) is 0 Å². The Morgan fingerprint density at radius 2 is 1.85 bits per heavy atom. The Kier molecular flexibility index (Phi) is 5.27. The van der Waals surface area contributed by atoms with E-state index in [-0.39, 0.29) is 0 Å². The minimum Gasteiger partial charge on any atom is -0.382 e. The highest BCUT2D eigenvalue weighted by Crippen LogP contribution is 2.27. The van der Waals surface area contributed by atoms with Crippen LogP contribution in [0.15, 0.2) is 24.3 Å². The molecule has 1 aromatic rings. The van der Waals surface area contributed by atoms with Gasteiger partial charge >= 0.3 is 6.03 Å². The number of carbonyl (C=O) groups excluding carboxylic acids is 1. The van der Waals surface area contributed by atoms with Gasteiger partial charge in [0.25, 0.3) is 0 Å². The first-order chi connectivity index (χ1) is 9.67. The molecule has 0 saturated heterocycles. The minimum absolute atomic E-state index is 0.528. The lowest BCUT2D eigenvalue weighted by Crippen LogP contribution is -2.20. The van der Waals surface area contributed by atoms with Crippen molar-refractivity contribution in [1.82, 2.24) is 0 Å². The minimum atomic E-state index is -0.528. The number of hydrogen-bond donors (Lipinski definition) is 3. The number of anilines is 2. The van der Waals surface area contributed by atoms with Gasteiger partial charge in [-0.2, -0.15) is 0 Å². The summed E-state index contributed by atoms with van der Waals surface area (Å²) in [6.07, 6.45) is 7.82. The number of nitrogens with two attached hydrogens (primary N) is 1. The van der Waals surface area contributed by atoms with Gasteiger partial charge in [-0.1, -0.05) is 26.2 Å².